The molecule has 0 unspecified atom stereocenters. The number of para-hydroxylation sites is 1. The summed E-state index contributed by atoms with van der Waals surface area (Å²) in [5.41, 5.74) is 5.15. The van der Waals surface area contributed by atoms with Gasteiger partial charge in [0.25, 0.3) is 5.91 Å². The smallest absolute Gasteiger partial charge is 0.259 e. The van der Waals surface area contributed by atoms with Gasteiger partial charge < -0.3 is 0 Å². The van der Waals surface area contributed by atoms with Gasteiger partial charge in [-0.15, -0.1) is 0 Å². The highest BCUT2D eigenvalue weighted by molar-refractivity contribution is 6.13. The molecule has 1 amide bonds. The van der Waals surface area contributed by atoms with Crippen LogP contribution in [0.1, 0.15) is 34.5 Å². The SMILES string of the molecule is C=C1c2ccccc2N2C(=O)c3ccccc3[C@H]2[C@@H]1C. The summed E-state index contributed by atoms with van der Waals surface area (Å²) in [6.07, 6.45) is 0. The van der Waals surface area contributed by atoms with Gasteiger partial charge in [0, 0.05) is 17.0 Å². The molecule has 2 aliphatic rings. The van der Waals surface area contributed by atoms with Crippen molar-refractivity contribution in [2.75, 3.05) is 4.90 Å². The molecule has 0 radical (unpaired) electrons. The number of fused-ring (bicyclic) bond motifs is 5. The van der Waals surface area contributed by atoms with E-state index in [1.807, 2.05) is 41.3 Å². The van der Waals surface area contributed by atoms with Gasteiger partial charge >= 0.3 is 0 Å². The van der Waals surface area contributed by atoms with Gasteiger partial charge in [-0.1, -0.05) is 49.9 Å². The maximum absolute atomic E-state index is 12.7. The van der Waals surface area contributed by atoms with Gasteiger partial charge in [0.1, 0.15) is 0 Å². The molecule has 0 bridgehead atoms. The summed E-state index contributed by atoms with van der Waals surface area (Å²) in [5.74, 6) is 0.342. The molecule has 0 spiro atoms. The Morgan fingerprint density at radius 3 is 2.45 bits per heavy atom. The van der Waals surface area contributed by atoms with Gasteiger partial charge in [0.15, 0.2) is 0 Å². The number of hydrogen-bond donors (Lipinski definition) is 0. The molecule has 0 aromatic heterocycles. The third kappa shape index (κ3) is 1.26. The summed E-state index contributed by atoms with van der Waals surface area (Å²) in [7, 11) is 0. The Balaban J connectivity index is 2.01. The van der Waals surface area contributed by atoms with E-state index in [9.17, 15) is 4.79 Å². The molecule has 2 atom stereocenters. The summed E-state index contributed by atoms with van der Waals surface area (Å²) in [6, 6.07) is 16.1. The number of carbonyl (C=O) groups is 1. The second-order valence-corrected chi connectivity index (χ2v) is 5.54. The van der Waals surface area contributed by atoms with Crippen LogP contribution >= 0.6 is 0 Å². The average Bonchev–Trinajstić information content (AvgIpc) is 2.79. The minimum absolute atomic E-state index is 0.0844. The van der Waals surface area contributed by atoms with Crippen LogP contribution in [0.15, 0.2) is 55.1 Å². The molecule has 4 rings (SSSR count). The lowest BCUT2D eigenvalue weighted by atomic mass is 9.81. The highest BCUT2D eigenvalue weighted by Crippen LogP contribution is 2.51. The molecular weight excluding hydrogens is 246 g/mol. The van der Waals surface area contributed by atoms with E-state index in [4.69, 9.17) is 0 Å². The molecule has 2 aromatic rings. The first-order valence-corrected chi connectivity index (χ1v) is 6.91. The molecule has 2 aliphatic heterocycles. The summed E-state index contributed by atoms with van der Waals surface area (Å²) >= 11 is 0. The van der Waals surface area contributed by atoms with E-state index in [-0.39, 0.29) is 17.9 Å². The Labute approximate surface area is 118 Å². The zero-order valence-electron chi connectivity index (χ0n) is 11.3. The number of carbonyl (C=O) groups excluding carboxylic acids is 1. The van der Waals surface area contributed by atoms with Crippen LogP contribution in [0.25, 0.3) is 5.57 Å². The minimum atomic E-state index is 0.0844. The van der Waals surface area contributed by atoms with Crippen LogP contribution in [0.3, 0.4) is 0 Å². The molecule has 2 heteroatoms. The summed E-state index contributed by atoms with van der Waals surface area (Å²) < 4.78 is 0. The van der Waals surface area contributed by atoms with Gasteiger partial charge in [-0.3, -0.25) is 9.69 Å². The van der Waals surface area contributed by atoms with Crippen molar-refractivity contribution >= 4 is 17.2 Å². The van der Waals surface area contributed by atoms with Crippen LogP contribution < -0.4 is 4.90 Å². The van der Waals surface area contributed by atoms with E-state index in [1.165, 1.54) is 0 Å². The number of rotatable bonds is 0. The number of hydrogen-bond acceptors (Lipinski definition) is 1. The predicted molar refractivity (Wildman–Crippen MR) is 80.6 cm³/mol. The number of anilines is 1. The first kappa shape index (κ1) is 11.5. The molecule has 0 fully saturated rings. The molecule has 0 saturated carbocycles. The van der Waals surface area contributed by atoms with Crippen LogP contribution in [0.5, 0.6) is 0 Å². The van der Waals surface area contributed by atoms with E-state index >= 15 is 0 Å². The predicted octanol–water partition coefficient (Wildman–Crippen LogP) is 4.05. The third-order valence-electron chi connectivity index (χ3n) is 4.54. The fraction of sp³-hybridized carbons (Fsp3) is 0.167. The van der Waals surface area contributed by atoms with Crippen molar-refractivity contribution in [1.29, 1.82) is 0 Å². The summed E-state index contributed by atoms with van der Waals surface area (Å²) in [4.78, 5) is 14.7. The minimum Gasteiger partial charge on any atom is -0.300 e. The second kappa shape index (κ2) is 3.83. The Kier molecular flexibility index (Phi) is 2.19. The van der Waals surface area contributed by atoms with Crippen LogP contribution in [0.4, 0.5) is 5.69 Å². The fourth-order valence-corrected chi connectivity index (χ4v) is 3.49. The maximum Gasteiger partial charge on any atom is 0.259 e. The molecule has 0 N–H and O–H groups in total. The third-order valence-corrected chi connectivity index (χ3v) is 4.54. The molecule has 0 saturated heterocycles. The van der Waals surface area contributed by atoms with Crippen LogP contribution in [-0.2, 0) is 0 Å². The quantitative estimate of drug-likeness (QED) is 0.700. The molecule has 20 heavy (non-hydrogen) atoms. The second-order valence-electron chi connectivity index (χ2n) is 5.54. The van der Waals surface area contributed by atoms with Crippen molar-refractivity contribution < 1.29 is 4.79 Å². The van der Waals surface area contributed by atoms with Gasteiger partial charge in [0.05, 0.1) is 11.7 Å². The number of nitrogens with zero attached hydrogens (tertiary/aromatic N) is 1. The van der Waals surface area contributed by atoms with Crippen molar-refractivity contribution in [2.24, 2.45) is 5.92 Å². The molecular formula is C18H15NO. The zero-order valence-corrected chi connectivity index (χ0v) is 11.3. The Morgan fingerprint density at radius 2 is 1.65 bits per heavy atom. The number of amides is 1. The molecule has 98 valence electrons. The largest absolute Gasteiger partial charge is 0.300 e. The van der Waals surface area contributed by atoms with Crippen molar-refractivity contribution in [2.45, 2.75) is 13.0 Å². The Bertz CT molecular complexity index is 747. The standard InChI is InChI=1S/C18H15NO/c1-11-12(2)17-14-8-3-4-9-15(14)18(20)19(17)16-10-6-5-7-13(11)16/h3-10,12,17H,1H2,2H3/t12-,17-/m1/s1. The van der Waals surface area contributed by atoms with Crippen molar-refractivity contribution in [3.63, 3.8) is 0 Å². The maximum atomic E-state index is 12.7. The van der Waals surface area contributed by atoms with E-state index in [0.29, 0.717) is 0 Å². The van der Waals surface area contributed by atoms with Crippen molar-refractivity contribution in [3.8, 4) is 0 Å². The monoisotopic (exact) mass is 261 g/mol. The lowest BCUT2D eigenvalue weighted by Gasteiger charge is -2.38. The topological polar surface area (TPSA) is 20.3 Å². The highest BCUT2D eigenvalue weighted by Gasteiger charge is 2.45. The summed E-state index contributed by atoms with van der Waals surface area (Å²) in [5, 5.41) is 0. The Hall–Kier alpha value is -2.35. The van der Waals surface area contributed by atoms with E-state index in [1.54, 1.807) is 0 Å². The summed E-state index contributed by atoms with van der Waals surface area (Å²) in [6.45, 7) is 6.41. The van der Waals surface area contributed by atoms with E-state index < -0.39 is 0 Å². The first-order valence-electron chi connectivity index (χ1n) is 6.91. The molecule has 2 aromatic carbocycles. The Morgan fingerprint density at radius 1 is 1.00 bits per heavy atom. The van der Waals surface area contributed by atoms with Crippen LogP contribution in [-0.4, -0.2) is 5.91 Å². The molecule has 0 aliphatic carbocycles. The molecule has 2 heterocycles. The lowest BCUT2D eigenvalue weighted by molar-refractivity contribution is 0.0987. The number of benzene rings is 2. The van der Waals surface area contributed by atoms with Crippen LogP contribution in [0, 0.1) is 5.92 Å². The first-order chi connectivity index (χ1) is 9.70. The van der Waals surface area contributed by atoms with Crippen molar-refractivity contribution in [3.05, 3.63) is 71.8 Å². The zero-order chi connectivity index (χ0) is 13.9. The van der Waals surface area contributed by atoms with Gasteiger partial charge in [-0.2, -0.15) is 0 Å². The average molecular weight is 261 g/mol. The van der Waals surface area contributed by atoms with Gasteiger partial charge in [0.2, 0.25) is 0 Å². The molecule has 2 nitrogen and oxygen atoms in total. The highest BCUT2D eigenvalue weighted by atomic mass is 16.2. The van der Waals surface area contributed by atoms with E-state index in [0.717, 1.165) is 28.0 Å². The lowest BCUT2D eigenvalue weighted by Crippen LogP contribution is -2.35. The van der Waals surface area contributed by atoms with Crippen LogP contribution in [0.2, 0.25) is 0 Å². The normalized spacial score (nSPS) is 23.4. The van der Waals surface area contributed by atoms with E-state index in [2.05, 4.69) is 25.6 Å². The van der Waals surface area contributed by atoms with Gasteiger partial charge in [-0.05, 0) is 23.3 Å². The fourth-order valence-electron chi connectivity index (χ4n) is 3.49. The van der Waals surface area contributed by atoms with Crippen molar-refractivity contribution in [1.82, 2.24) is 0 Å². The van der Waals surface area contributed by atoms with Gasteiger partial charge in [-0.25, -0.2) is 0 Å².